The lowest BCUT2D eigenvalue weighted by Crippen LogP contribution is -2.27. The maximum Gasteiger partial charge on any atom is 0.123 e. The second-order valence-corrected chi connectivity index (χ2v) is 11.0. The van der Waals surface area contributed by atoms with E-state index in [1.807, 2.05) is 6.07 Å². The van der Waals surface area contributed by atoms with Crippen molar-refractivity contribution in [2.45, 2.75) is 66.3 Å². The number of rotatable bonds is 11. The van der Waals surface area contributed by atoms with Crippen LogP contribution in [0.2, 0.25) is 0 Å². The molecule has 0 fully saturated rings. The number of hydrogen-bond donors (Lipinski definition) is 0. The van der Waals surface area contributed by atoms with E-state index in [4.69, 9.17) is 4.74 Å². The number of nitrogens with zero attached hydrogens (tertiary/aromatic N) is 1. The molecule has 0 bridgehead atoms. The second kappa shape index (κ2) is 11.8. The first-order chi connectivity index (χ1) is 15.9. The van der Waals surface area contributed by atoms with Crippen molar-refractivity contribution in [3.8, 4) is 5.75 Å². The van der Waals surface area contributed by atoms with Gasteiger partial charge in [-0.25, -0.2) is 0 Å². The van der Waals surface area contributed by atoms with Crippen LogP contribution in [-0.4, -0.2) is 18.0 Å². The standard InChI is InChI=1S/C30H40NOP/c1-7-30(6,33-29-24(5)14-13-17-26(29)21-31(8-2)9-3)27-20-23(4)18-19-28(27)32-22-25-15-11-10-12-16-25/h10-20,33H,7-9,21-22H2,1-6H3. The Hall–Kier alpha value is -2.15. The lowest BCUT2D eigenvalue weighted by molar-refractivity contribution is 0.296. The minimum atomic E-state index is 0.0160. The van der Waals surface area contributed by atoms with Crippen molar-refractivity contribution in [1.82, 2.24) is 4.90 Å². The summed E-state index contributed by atoms with van der Waals surface area (Å²) in [5.74, 6) is 1.01. The summed E-state index contributed by atoms with van der Waals surface area (Å²) in [6, 6.07) is 23.9. The van der Waals surface area contributed by atoms with Gasteiger partial charge in [0.15, 0.2) is 0 Å². The highest BCUT2D eigenvalue weighted by molar-refractivity contribution is 7.48. The van der Waals surface area contributed by atoms with Crippen LogP contribution in [0, 0.1) is 13.8 Å². The van der Waals surface area contributed by atoms with Crippen LogP contribution in [0.15, 0.2) is 66.7 Å². The first-order valence-electron chi connectivity index (χ1n) is 12.3. The van der Waals surface area contributed by atoms with E-state index in [2.05, 4.69) is 107 Å². The van der Waals surface area contributed by atoms with Gasteiger partial charge >= 0.3 is 0 Å². The average Bonchev–Trinajstić information content (AvgIpc) is 2.84. The molecule has 0 amide bonds. The Morgan fingerprint density at radius 3 is 2.27 bits per heavy atom. The minimum absolute atomic E-state index is 0.0160. The second-order valence-electron chi connectivity index (χ2n) is 9.15. The molecule has 2 nitrogen and oxygen atoms in total. The molecule has 0 N–H and O–H groups in total. The molecular formula is C30H40NOP. The van der Waals surface area contributed by atoms with Crippen LogP contribution in [0.3, 0.4) is 0 Å². The van der Waals surface area contributed by atoms with Gasteiger partial charge in [0.2, 0.25) is 0 Å². The molecule has 33 heavy (non-hydrogen) atoms. The molecule has 0 spiro atoms. The van der Waals surface area contributed by atoms with E-state index < -0.39 is 0 Å². The van der Waals surface area contributed by atoms with Gasteiger partial charge in [-0.15, -0.1) is 0 Å². The first-order valence-corrected chi connectivity index (χ1v) is 13.3. The minimum Gasteiger partial charge on any atom is -0.489 e. The molecule has 0 heterocycles. The molecule has 3 aromatic rings. The molecule has 3 heteroatoms. The Morgan fingerprint density at radius 1 is 0.879 bits per heavy atom. The third-order valence-corrected chi connectivity index (χ3v) is 8.86. The third-order valence-electron chi connectivity index (χ3n) is 6.72. The van der Waals surface area contributed by atoms with E-state index in [0.717, 1.165) is 31.8 Å². The van der Waals surface area contributed by atoms with Gasteiger partial charge in [-0.05, 0) is 61.4 Å². The van der Waals surface area contributed by atoms with Crippen molar-refractivity contribution in [3.05, 3.63) is 94.5 Å². The van der Waals surface area contributed by atoms with Gasteiger partial charge in [-0.1, -0.05) is 103 Å². The van der Waals surface area contributed by atoms with Gasteiger partial charge < -0.3 is 4.74 Å². The van der Waals surface area contributed by atoms with Crippen molar-refractivity contribution in [1.29, 1.82) is 0 Å². The predicted octanol–water partition coefficient (Wildman–Crippen LogP) is 7.35. The monoisotopic (exact) mass is 461 g/mol. The van der Waals surface area contributed by atoms with Crippen LogP contribution in [0.25, 0.3) is 0 Å². The van der Waals surface area contributed by atoms with Crippen molar-refractivity contribution in [2.75, 3.05) is 13.1 Å². The van der Waals surface area contributed by atoms with Crippen LogP contribution >= 0.6 is 8.58 Å². The summed E-state index contributed by atoms with van der Waals surface area (Å²) < 4.78 is 6.42. The topological polar surface area (TPSA) is 12.5 Å². The molecule has 0 saturated carbocycles. The summed E-state index contributed by atoms with van der Waals surface area (Å²) >= 11 is 0. The van der Waals surface area contributed by atoms with E-state index >= 15 is 0 Å². The van der Waals surface area contributed by atoms with Gasteiger partial charge in [0.1, 0.15) is 12.4 Å². The largest absolute Gasteiger partial charge is 0.489 e. The molecule has 3 rings (SSSR count). The Kier molecular flexibility index (Phi) is 9.12. The summed E-state index contributed by atoms with van der Waals surface area (Å²) in [4.78, 5) is 2.51. The molecule has 0 radical (unpaired) electrons. The maximum atomic E-state index is 6.42. The molecule has 0 aliphatic rings. The maximum absolute atomic E-state index is 6.42. The number of benzene rings is 3. The van der Waals surface area contributed by atoms with Gasteiger partial charge in [-0.2, -0.15) is 0 Å². The van der Waals surface area contributed by atoms with Crippen molar-refractivity contribution >= 4 is 13.9 Å². The predicted molar refractivity (Wildman–Crippen MR) is 145 cm³/mol. The third kappa shape index (κ3) is 6.46. The van der Waals surface area contributed by atoms with Crippen LogP contribution < -0.4 is 10.0 Å². The van der Waals surface area contributed by atoms with E-state index in [1.165, 1.54) is 33.1 Å². The Morgan fingerprint density at radius 2 is 1.61 bits per heavy atom. The first kappa shape index (κ1) is 25.5. The van der Waals surface area contributed by atoms with Crippen molar-refractivity contribution < 1.29 is 4.74 Å². The number of ether oxygens (including phenoxy) is 1. The van der Waals surface area contributed by atoms with Crippen LogP contribution in [0.4, 0.5) is 0 Å². The fourth-order valence-corrected chi connectivity index (χ4v) is 5.95. The van der Waals surface area contributed by atoms with Crippen LogP contribution in [0.5, 0.6) is 5.75 Å². The summed E-state index contributed by atoms with van der Waals surface area (Å²) in [6.07, 6.45) is 1.07. The molecule has 2 atom stereocenters. The van der Waals surface area contributed by atoms with Gasteiger partial charge in [0, 0.05) is 17.3 Å². The molecule has 2 unspecified atom stereocenters. The molecule has 0 aliphatic heterocycles. The Balaban J connectivity index is 1.96. The van der Waals surface area contributed by atoms with Crippen molar-refractivity contribution in [2.24, 2.45) is 0 Å². The number of hydrogen-bond acceptors (Lipinski definition) is 2. The van der Waals surface area contributed by atoms with E-state index in [9.17, 15) is 0 Å². The summed E-state index contributed by atoms with van der Waals surface area (Å²) in [5, 5.41) is 1.53. The molecule has 0 aliphatic carbocycles. The zero-order valence-corrected chi connectivity index (χ0v) is 22.2. The van der Waals surface area contributed by atoms with E-state index in [-0.39, 0.29) is 5.16 Å². The Labute approximate surface area is 203 Å². The fraction of sp³-hybridized carbons (Fsp3) is 0.400. The van der Waals surface area contributed by atoms with Crippen LogP contribution in [-0.2, 0) is 18.3 Å². The fourth-order valence-electron chi connectivity index (χ4n) is 4.29. The van der Waals surface area contributed by atoms with E-state index in [1.54, 1.807) is 0 Å². The van der Waals surface area contributed by atoms with E-state index in [0.29, 0.717) is 15.2 Å². The lowest BCUT2D eigenvalue weighted by Gasteiger charge is -2.33. The zero-order chi connectivity index (χ0) is 23.8. The van der Waals surface area contributed by atoms with Gasteiger partial charge in [-0.3, -0.25) is 4.90 Å². The normalized spacial score (nSPS) is 13.5. The highest BCUT2D eigenvalue weighted by atomic mass is 31.1. The van der Waals surface area contributed by atoms with Gasteiger partial charge in [0.05, 0.1) is 0 Å². The van der Waals surface area contributed by atoms with Crippen LogP contribution in [0.1, 0.15) is 61.9 Å². The number of aryl methyl sites for hydroxylation is 2. The zero-order valence-electron chi connectivity index (χ0n) is 21.2. The highest BCUT2D eigenvalue weighted by Gasteiger charge is 2.30. The quantitative estimate of drug-likeness (QED) is 0.277. The molecular weight excluding hydrogens is 421 g/mol. The lowest BCUT2D eigenvalue weighted by atomic mass is 9.94. The van der Waals surface area contributed by atoms with Crippen molar-refractivity contribution in [3.63, 3.8) is 0 Å². The Bertz CT molecular complexity index is 1030. The summed E-state index contributed by atoms with van der Waals surface area (Å²) in [6.45, 7) is 17.5. The summed E-state index contributed by atoms with van der Waals surface area (Å²) in [5.41, 5.74) is 6.68. The smallest absolute Gasteiger partial charge is 0.123 e. The van der Waals surface area contributed by atoms with Gasteiger partial charge in [0.25, 0.3) is 0 Å². The summed E-state index contributed by atoms with van der Waals surface area (Å²) in [7, 11) is 0.683. The molecule has 0 aromatic heterocycles. The molecule has 0 saturated heterocycles. The SMILES string of the molecule is CCN(CC)Cc1cccc(C)c1PC(C)(CC)c1cc(C)ccc1OCc1ccccc1. The molecule has 176 valence electrons. The highest BCUT2D eigenvalue weighted by Crippen LogP contribution is 2.48. The average molecular weight is 462 g/mol. The molecule has 3 aromatic carbocycles.